The molecule has 0 saturated carbocycles. The summed E-state index contributed by atoms with van der Waals surface area (Å²) in [5.41, 5.74) is 16.7. The zero-order chi connectivity index (χ0) is 43.4. The van der Waals surface area contributed by atoms with Gasteiger partial charge in [0.15, 0.2) is 0 Å². The van der Waals surface area contributed by atoms with Gasteiger partial charge < -0.3 is 13.9 Å². The fourth-order valence-corrected chi connectivity index (χ4v) is 10.9. The summed E-state index contributed by atoms with van der Waals surface area (Å²) in [5, 5.41) is 6.11. The van der Waals surface area contributed by atoms with Gasteiger partial charge in [-0.25, -0.2) is 0 Å². The lowest BCUT2D eigenvalue weighted by Crippen LogP contribution is -2.09. The Kier molecular flexibility index (Phi) is 9.40. The van der Waals surface area contributed by atoms with Gasteiger partial charge in [-0.2, -0.15) is 0 Å². The van der Waals surface area contributed by atoms with Crippen LogP contribution in [0.15, 0.2) is 229 Å². The molecule has 12 rings (SSSR count). The van der Waals surface area contributed by atoms with E-state index in [2.05, 4.69) is 223 Å². The monoisotopic (exact) mass is 850 g/mol. The summed E-state index contributed by atoms with van der Waals surface area (Å²) in [5.74, 6) is 0. The first-order chi connectivity index (χ1) is 32.1. The molecule has 0 bridgehead atoms. The number of furan rings is 1. The van der Waals surface area contributed by atoms with Gasteiger partial charge in [-0.1, -0.05) is 152 Å². The van der Waals surface area contributed by atoms with E-state index in [1.807, 2.05) is 35.6 Å². The minimum atomic E-state index is 0.902. The van der Waals surface area contributed by atoms with E-state index in [-0.39, 0.29) is 0 Å². The van der Waals surface area contributed by atoms with Crippen molar-refractivity contribution in [3.05, 3.63) is 236 Å². The number of anilines is 3. The van der Waals surface area contributed by atoms with Gasteiger partial charge >= 0.3 is 0 Å². The number of fused-ring (bicyclic) bond motifs is 7. The van der Waals surface area contributed by atoms with E-state index in [9.17, 15) is 0 Å². The predicted molar refractivity (Wildman–Crippen MR) is 278 cm³/mol. The van der Waals surface area contributed by atoms with E-state index in [0.29, 0.717) is 0 Å². The highest BCUT2D eigenvalue weighted by Crippen LogP contribution is 2.43. The Bertz CT molecular complexity index is 3620. The van der Waals surface area contributed by atoms with Crippen molar-refractivity contribution in [2.45, 2.75) is 6.92 Å². The first-order valence-corrected chi connectivity index (χ1v) is 22.8. The first kappa shape index (κ1) is 38.5. The Hall–Kier alpha value is -8.18. The molecule has 9 aromatic carbocycles. The third-order valence-corrected chi connectivity index (χ3v) is 14.0. The number of rotatable bonds is 9. The Morgan fingerprint density at radius 2 is 1.09 bits per heavy atom. The fourth-order valence-electron chi connectivity index (χ4n) is 9.64. The van der Waals surface area contributed by atoms with Crippen LogP contribution < -0.4 is 4.90 Å². The molecule has 3 nitrogen and oxygen atoms in total. The second-order valence-corrected chi connectivity index (χ2v) is 17.6. The molecule has 12 aromatic rings. The van der Waals surface area contributed by atoms with Gasteiger partial charge in [-0.05, 0) is 119 Å². The summed E-state index contributed by atoms with van der Waals surface area (Å²) >= 11 is 1.87. The Labute approximate surface area is 381 Å². The third kappa shape index (κ3) is 6.57. The zero-order valence-corrected chi connectivity index (χ0v) is 36.6. The number of allylic oxidation sites excluding steroid dienone is 2. The molecule has 65 heavy (non-hydrogen) atoms. The summed E-state index contributed by atoms with van der Waals surface area (Å²) in [6.45, 7) is 6.15. The van der Waals surface area contributed by atoms with Crippen molar-refractivity contribution in [2.75, 3.05) is 4.90 Å². The lowest BCUT2D eigenvalue weighted by atomic mass is 10.00. The molecule has 0 atom stereocenters. The molecule has 0 unspecified atom stereocenters. The van der Waals surface area contributed by atoms with Gasteiger partial charge in [0.1, 0.15) is 11.2 Å². The normalized spacial score (nSPS) is 11.8. The maximum Gasteiger partial charge on any atom is 0.143 e. The molecule has 0 fully saturated rings. The van der Waals surface area contributed by atoms with Crippen molar-refractivity contribution in [1.29, 1.82) is 0 Å². The Morgan fingerprint density at radius 3 is 1.82 bits per heavy atom. The molecule has 0 radical (unpaired) electrons. The highest BCUT2D eigenvalue weighted by molar-refractivity contribution is 7.26. The zero-order valence-electron chi connectivity index (χ0n) is 35.8. The maximum atomic E-state index is 6.45. The van der Waals surface area contributed by atoms with Crippen LogP contribution in [0.4, 0.5) is 17.1 Å². The molecule has 3 aromatic heterocycles. The number of aryl methyl sites for hydroxylation is 1. The molecule has 0 amide bonds. The summed E-state index contributed by atoms with van der Waals surface area (Å²) in [7, 11) is 0. The standard InChI is InChI=1S/C61H42N2OS/c1-3-4-22-56-40(2)55-39-44(31-38-57(55)63(56)45-14-6-5-7-15-45)41-25-32-46(33-26-41)62(47-34-27-42(28-35-47)49-18-12-20-53-51-16-8-10-23-58(51)64-60(49)53)48-36-29-43(30-37-48)50-19-13-21-54-52-17-9-11-24-59(52)65-61(50)54/h3-39H,1H2,2H3/b22-4-. The van der Waals surface area contributed by atoms with Crippen LogP contribution >= 0.6 is 11.3 Å². The van der Waals surface area contributed by atoms with E-state index in [1.165, 1.54) is 53.3 Å². The van der Waals surface area contributed by atoms with Crippen LogP contribution in [0.1, 0.15) is 11.3 Å². The molecular formula is C61H42N2OS. The van der Waals surface area contributed by atoms with Gasteiger partial charge in [0.2, 0.25) is 0 Å². The van der Waals surface area contributed by atoms with Crippen LogP contribution in [0.25, 0.3) is 98.2 Å². The average Bonchev–Trinajstić information content (AvgIpc) is 4.03. The topological polar surface area (TPSA) is 21.3 Å². The summed E-state index contributed by atoms with van der Waals surface area (Å²) < 4.78 is 11.4. The molecule has 0 aliphatic carbocycles. The number of hydrogen-bond acceptors (Lipinski definition) is 3. The van der Waals surface area contributed by atoms with Gasteiger partial charge in [-0.15, -0.1) is 11.3 Å². The number of thiophene rings is 1. The van der Waals surface area contributed by atoms with Gasteiger partial charge in [0.25, 0.3) is 0 Å². The average molecular weight is 851 g/mol. The smallest absolute Gasteiger partial charge is 0.143 e. The van der Waals surface area contributed by atoms with E-state index in [0.717, 1.165) is 67.1 Å². The summed E-state index contributed by atoms with van der Waals surface area (Å²) in [6, 6.07) is 74.4. The number of para-hydroxylation sites is 3. The van der Waals surface area contributed by atoms with Crippen LogP contribution in [-0.2, 0) is 0 Å². The van der Waals surface area contributed by atoms with Crippen molar-refractivity contribution < 1.29 is 4.42 Å². The molecule has 4 heteroatoms. The molecule has 0 aliphatic rings. The van der Waals surface area contributed by atoms with Crippen LogP contribution in [0.3, 0.4) is 0 Å². The Morgan fingerprint density at radius 1 is 0.508 bits per heavy atom. The van der Waals surface area contributed by atoms with Crippen LogP contribution in [0.5, 0.6) is 0 Å². The quantitative estimate of drug-likeness (QED) is 0.135. The highest BCUT2D eigenvalue weighted by Gasteiger charge is 2.19. The van der Waals surface area contributed by atoms with E-state index in [1.54, 1.807) is 0 Å². The number of benzene rings is 9. The molecule has 0 saturated heterocycles. The highest BCUT2D eigenvalue weighted by atomic mass is 32.1. The molecule has 0 N–H and O–H groups in total. The lowest BCUT2D eigenvalue weighted by Gasteiger charge is -2.26. The Balaban J connectivity index is 0.939. The molecule has 0 spiro atoms. The van der Waals surface area contributed by atoms with E-state index < -0.39 is 0 Å². The first-order valence-electron chi connectivity index (χ1n) is 22.0. The third-order valence-electron chi connectivity index (χ3n) is 12.8. The maximum absolute atomic E-state index is 6.45. The van der Waals surface area contributed by atoms with E-state index in [4.69, 9.17) is 4.42 Å². The van der Waals surface area contributed by atoms with Crippen LogP contribution in [0.2, 0.25) is 0 Å². The van der Waals surface area contributed by atoms with Crippen molar-refractivity contribution >= 4 is 87.5 Å². The molecule has 0 aliphatic heterocycles. The molecule has 308 valence electrons. The van der Waals surface area contributed by atoms with Gasteiger partial charge in [-0.3, -0.25) is 0 Å². The second kappa shape index (κ2) is 15.9. The minimum Gasteiger partial charge on any atom is -0.455 e. The van der Waals surface area contributed by atoms with Crippen molar-refractivity contribution in [3.63, 3.8) is 0 Å². The SMILES string of the molecule is C=C/C=C\c1c(C)c2cc(-c3ccc(N(c4ccc(-c5cccc6c5oc5ccccc56)cc4)c4ccc(-c5cccc6c5sc5ccccc56)cc4)cc3)ccc2n1-c1ccccc1. The second-order valence-electron chi connectivity index (χ2n) is 16.5. The van der Waals surface area contributed by atoms with Crippen LogP contribution in [-0.4, -0.2) is 4.57 Å². The number of hydrogen-bond donors (Lipinski definition) is 0. The van der Waals surface area contributed by atoms with E-state index >= 15 is 0 Å². The number of aromatic nitrogens is 1. The van der Waals surface area contributed by atoms with Crippen LogP contribution in [0, 0.1) is 6.92 Å². The molecular weight excluding hydrogens is 809 g/mol. The van der Waals surface area contributed by atoms with Gasteiger partial charge in [0.05, 0.1) is 5.52 Å². The number of nitrogens with zero attached hydrogens (tertiary/aromatic N) is 2. The van der Waals surface area contributed by atoms with Crippen molar-refractivity contribution in [2.24, 2.45) is 0 Å². The van der Waals surface area contributed by atoms with Crippen molar-refractivity contribution in [1.82, 2.24) is 4.57 Å². The largest absolute Gasteiger partial charge is 0.455 e. The lowest BCUT2D eigenvalue weighted by molar-refractivity contribution is 0.670. The molecule has 3 heterocycles. The fraction of sp³-hybridized carbons (Fsp3) is 0.0164. The summed E-state index contributed by atoms with van der Waals surface area (Å²) in [6.07, 6.45) is 6.00. The summed E-state index contributed by atoms with van der Waals surface area (Å²) in [4.78, 5) is 2.35. The van der Waals surface area contributed by atoms with Crippen molar-refractivity contribution in [3.8, 4) is 39.1 Å². The predicted octanol–water partition coefficient (Wildman–Crippen LogP) is 17.9. The van der Waals surface area contributed by atoms with Gasteiger partial charge in [0, 0.05) is 70.3 Å². The minimum absolute atomic E-state index is 0.902.